The van der Waals surface area contributed by atoms with Crippen LogP contribution in [-0.4, -0.2) is 49.7 Å². The van der Waals surface area contributed by atoms with Crippen LogP contribution in [0.1, 0.15) is 26.0 Å². The van der Waals surface area contributed by atoms with Crippen molar-refractivity contribution in [2.75, 3.05) is 32.8 Å². The molecule has 1 aliphatic rings. The van der Waals surface area contributed by atoms with E-state index in [1.54, 1.807) is 0 Å². The number of ether oxygens (including phenoxy) is 1. The van der Waals surface area contributed by atoms with Crippen LogP contribution >= 0.6 is 0 Å². The molecule has 0 bridgehead atoms. The Morgan fingerprint density at radius 3 is 2.81 bits per heavy atom. The van der Waals surface area contributed by atoms with Crippen molar-refractivity contribution < 1.29 is 13.9 Å². The van der Waals surface area contributed by atoms with Crippen LogP contribution in [0.15, 0.2) is 46.9 Å². The molecule has 1 amide bonds. The minimum atomic E-state index is 0.0391. The first-order valence-electron chi connectivity index (χ1n) is 9.85. The third kappa shape index (κ3) is 6.22. The molecule has 1 aromatic heterocycles. The number of carbonyl (C=O) groups excluding carboxylic acids is 1. The summed E-state index contributed by atoms with van der Waals surface area (Å²) in [5.41, 5.74) is 1.05. The van der Waals surface area contributed by atoms with E-state index in [4.69, 9.17) is 9.15 Å². The highest BCUT2D eigenvalue weighted by molar-refractivity contribution is 5.76. The highest BCUT2D eigenvalue weighted by Gasteiger charge is 2.21. The summed E-state index contributed by atoms with van der Waals surface area (Å²) in [6, 6.07) is 13.9. The van der Waals surface area contributed by atoms with Gasteiger partial charge in [0.15, 0.2) is 0 Å². The number of hydrogen-bond acceptors (Lipinski definition) is 4. The van der Waals surface area contributed by atoms with E-state index in [1.165, 1.54) is 0 Å². The number of rotatable bonds is 8. The van der Waals surface area contributed by atoms with Crippen LogP contribution in [0.5, 0.6) is 0 Å². The molecule has 2 heterocycles. The summed E-state index contributed by atoms with van der Waals surface area (Å²) in [5.74, 6) is 2.36. The zero-order valence-corrected chi connectivity index (χ0v) is 16.3. The number of carbonyl (C=O) groups is 1. The lowest BCUT2D eigenvalue weighted by Crippen LogP contribution is -2.48. The number of benzene rings is 1. The average Bonchev–Trinajstić information content (AvgIpc) is 3.14. The Balaban J connectivity index is 1.39. The molecule has 0 unspecified atom stereocenters. The summed E-state index contributed by atoms with van der Waals surface area (Å²) in [6.45, 7) is 8.70. The number of amides is 1. The van der Waals surface area contributed by atoms with Gasteiger partial charge in [0.1, 0.15) is 11.5 Å². The minimum absolute atomic E-state index is 0.0391. The molecule has 3 rings (SSSR count). The fraction of sp³-hybridized carbons (Fsp3) is 0.500. The Labute approximate surface area is 161 Å². The summed E-state index contributed by atoms with van der Waals surface area (Å²) >= 11 is 0. The van der Waals surface area contributed by atoms with E-state index in [9.17, 15) is 4.79 Å². The normalized spacial score (nSPS) is 18.0. The third-order valence-electron chi connectivity index (χ3n) is 4.69. The van der Waals surface area contributed by atoms with Crippen LogP contribution in [-0.2, 0) is 16.0 Å². The largest absolute Gasteiger partial charge is 0.461 e. The van der Waals surface area contributed by atoms with E-state index < -0.39 is 0 Å². The summed E-state index contributed by atoms with van der Waals surface area (Å²) in [7, 11) is 0. The maximum absolute atomic E-state index is 12.2. The van der Waals surface area contributed by atoms with Gasteiger partial charge in [-0.05, 0) is 18.1 Å². The standard InChI is InChI=1S/C22H30N2O3/c1-17(2)15-24-12-13-26-20(16-24)14-23-22(25)11-9-19-8-10-21(27-19)18-6-4-3-5-7-18/h3-8,10,17,20H,9,11-16H2,1-2H3,(H,23,25)/t20-/m0/s1. The molecule has 1 saturated heterocycles. The van der Waals surface area contributed by atoms with E-state index in [1.807, 2.05) is 42.5 Å². The fourth-order valence-corrected chi connectivity index (χ4v) is 3.41. The van der Waals surface area contributed by atoms with Crippen LogP contribution in [0.25, 0.3) is 11.3 Å². The summed E-state index contributed by atoms with van der Waals surface area (Å²) < 4.78 is 11.6. The van der Waals surface area contributed by atoms with Gasteiger partial charge in [0.2, 0.25) is 5.91 Å². The van der Waals surface area contributed by atoms with Gasteiger partial charge < -0.3 is 14.5 Å². The van der Waals surface area contributed by atoms with Gasteiger partial charge in [-0.15, -0.1) is 0 Å². The third-order valence-corrected chi connectivity index (χ3v) is 4.69. The monoisotopic (exact) mass is 370 g/mol. The van der Waals surface area contributed by atoms with Crippen molar-refractivity contribution in [3.63, 3.8) is 0 Å². The lowest BCUT2D eigenvalue weighted by molar-refractivity contribution is -0.122. The number of hydrogen-bond donors (Lipinski definition) is 1. The Morgan fingerprint density at radius 1 is 1.22 bits per heavy atom. The second-order valence-corrected chi connectivity index (χ2v) is 7.58. The van der Waals surface area contributed by atoms with Crippen molar-refractivity contribution in [1.29, 1.82) is 0 Å². The van der Waals surface area contributed by atoms with Gasteiger partial charge in [-0.25, -0.2) is 0 Å². The maximum Gasteiger partial charge on any atom is 0.220 e. The van der Waals surface area contributed by atoms with Gasteiger partial charge in [-0.1, -0.05) is 44.2 Å². The lowest BCUT2D eigenvalue weighted by Gasteiger charge is -2.33. The van der Waals surface area contributed by atoms with Crippen LogP contribution in [0.2, 0.25) is 0 Å². The fourth-order valence-electron chi connectivity index (χ4n) is 3.41. The highest BCUT2D eigenvalue weighted by atomic mass is 16.5. The molecule has 1 atom stereocenters. The van der Waals surface area contributed by atoms with E-state index in [0.717, 1.165) is 43.3 Å². The molecule has 0 radical (unpaired) electrons. The van der Waals surface area contributed by atoms with Crippen LogP contribution < -0.4 is 5.32 Å². The average molecular weight is 370 g/mol. The van der Waals surface area contributed by atoms with Gasteiger partial charge >= 0.3 is 0 Å². The predicted molar refractivity (Wildman–Crippen MR) is 106 cm³/mol. The molecule has 5 nitrogen and oxygen atoms in total. The predicted octanol–water partition coefficient (Wildman–Crippen LogP) is 3.35. The molecule has 5 heteroatoms. The molecule has 0 spiro atoms. The Morgan fingerprint density at radius 2 is 2.04 bits per heavy atom. The molecule has 2 aromatic rings. The zero-order valence-electron chi connectivity index (χ0n) is 16.3. The Kier molecular flexibility index (Phi) is 7.07. The quantitative estimate of drug-likeness (QED) is 0.774. The van der Waals surface area contributed by atoms with E-state index >= 15 is 0 Å². The second-order valence-electron chi connectivity index (χ2n) is 7.58. The molecular formula is C22H30N2O3. The molecule has 0 aliphatic carbocycles. The van der Waals surface area contributed by atoms with Gasteiger partial charge in [0.25, 0.3) is 0 Å². The summed E-state index contributed by atoms with van der Waals surface area (Å²) in [5, 5.41) is 3.00. The van der Waals surface area contributed by atoms with Crippen molar-refractivity contribution in [2.24, 2.45) is 5.92 Å². The molecule has 146 valence electrons. The molecule has 27 heavy (non-hydrogen) atoms. The van der Waals surface area contributed by atoms with Crippen molar-refractivity contribution in [3.8, 4) is 11.3 Å². The number of nitrogens with zero attached hydrogens (tertiary/aromatic N) is 1. The van der Waals surface area contributed by atoms with Crippen molar-refractivity contribution in [1.82, 2.24) is 10.2 Å². The van der Waals surface area contributed by atoms with Gasteiger partial charge in [-0.2, -0.15) is 0 Å². The van der Waals surface area contributed by atoms with E-state index in [0.29, 0.717) is 25.3 Å². The van der Waals surface area contributed by atoms with Crippen molar-refractivity contribution in [2.45, 2.75) is 32.8 Å². The molecule has 1 N–H and O–H groups in total. The van der Waals surface area contributed by atoms with Gasteiger partial charge in [-0.3, -0.25) is 9.69 Å². The number of aryl methyl sites for hydroxylation is 1. The van der Waals surface area contributed by atoms with E-state index in [2.05, 4.69) is 24.1 Å². The molecule has 0 saturated carbocycles. The molecule has 1 fully saturated rings. The SMILES string of the molecule is CC(C)CN1CCO[C@@H](CNC(=O)CCc2ccc(-c3ccccc3)o2)C1. The summed E-state index contributed by atoms with van der Waals surface area (Å²) in [4.78, 5) is 14.6. The van der Waals surface area contributed by atoms with Gasteiger partial charge in [0, 0.05) is 44.6 Å². The Bertz CT molecular complexity index is 711. The highest BCUT2D eigenvalue weighted by Crippen LogP contribution is 2.22. The Hall–Kier alpha value is -2.11. The van der Waals surface area contributed by atoms with Crippen molar-refractivity contribution in [3.05, 3.63) is 48.2 Å². The number of furan rings is 1. The summed E-state index contributed by atoms with van der Waals surface area (Å²) in [6.07, 6.45) is 1.10. The first-order chi connectivity index (χ1) is 13.1. The first-order valence-corrected chi connectivity index (χ1v) is 9.85. The van der Waals surface area contributed by atoms with Crippen molar-refractivity contribution >= 4 is 5.91 Å². The zero-order chi connectivity index (χ0) is 19.1. The minimum Gasteiger partial charge on any atom is -0.461 e. The number of morpholine rings is 1. The van der Waals surface area contributed by atoms with Crippen LogP contribution in [0.3, 0.4) is 0 Å². The topological polar surface area (TPSA) is 54.7 Å². The molecule has 1 aliphatic heterocycles. The second kappa shape index (κ2) is 9.72. The lowest BCUT2D eigenvalue weighted by atomic mass is 10.1. The van der Waals surface area contributed by atoms with E-state index in [-0.39, 0.29) is 12.0 Å². The number of nitrogens with one attached hydrogen (secondary N) is 1. The van der Waals surface area contributed by atoms with Gasteiger partial charge in [0.05, 0.1) is 12.7 Å². The molecular weight excluding hydrogens is 340 g/mol. The van der Waals surface area contributed by atoms with Crippen LogP contribution in [0.4, 0.5) is 0 Å². The maximum atomic E-state index is 12.2. The first kappa shape index (κ1) is 19.6. The van der Waals surface area contributed by atoms with Crippen LogP contribution in [0, 0.1) is 5.92 Å². The smallest absolute Gasteiger partial charge is 0.220 e. The molecule has 1 aromatic carbocycles.